The molecule has 0 saturated carbocycles. The van der Waals surface area contributed by atoms with Gasteiger partial charge in [-0.1, -0.05) is 29.8 Å². The van der Waals surface area contributed by atoms with Gasteiger partial charge in [0.1, 0.15) is 6.10 Å². The number of alkyl halides is 3. The maximum Gasteiger partial charge on any atom is 0.416 e. The highest BCUT2D eigenvalue weighted by Crippen LogP contribution is 2.37. The number of nitrogens with zero attached hydrogens (tertiary/aromatic N) is 1. The predicted octanol–water partition coefficient (Wildman–Crippen LogP) is 6.07. The first-order chi connectivity index (χ1) is 16.0. The largest absolute Gasteiger partial charge is 0.481 e. The van der Waals surface area contributed by atoms with Crippen molar-refractivity contribution in [2.45, 2.75) is 32.5 Å². The lowest BCUT2D eigenvalue weighted by atomic mass is 9.95. The van der Waals surface area contributed by atoms with Crippen LogP contribution in [0.15, 0.2) is 53.7 Å². The van der Waals surface area contributed by atoms with E-state index in [2.05, 4.69) is 10.3 Å². The molecule has 0 aliphatic heterocycles. The first-order valence-corrected chi connectivity index (χ1v) is 10.8. The first-order valence-electron chi connectivity index (χ1n) is 10.4. The van der Waals surface area contributed by atoms with Crippen LogP contribution in [-0.4, -0.2) is 30.0 Å². The molecule has 3 N–H and O–H groups in total. The topological polar surface area (TPSA) is 78.2 Å². The van der Waals surface area contributed by atoms with Gasteiger partial charge >= 0.3 is 6.18 Å². The molecule has 2 aromatic carbocycles. The smallest absolute Gasteiger partial charge is 0.416 e. The van der Waals surface area contributed by atoms with E-state index in [-0.39, 0.29) is 18.0 Å². The van der Waals surface area contributed by atoms with Crippen LogP contribution in [0, 0.1) is 5.41 Å². The van der Waals surface area contributed by atoms with Crippen LogP contribution < -0.4 is 10.1 Å². The number of fused-ring (bicyclic) bond motifs is 1. The zero-order valence-electron chi connectivity index (χ0n) is 19.1. The lowest BCUT2D eigenvalue weighted by Gasteiger charge is -2.19. The molecule has 0 bridgehead atoms. The number of allylic oxidation sites excluding steroid dienone is 1. The molecule has 9 heteroatoms. The van der Waals surface area contributed by atoms with Gasteiger partial charge in [-0.25, -0.2) is 4.98 Å². The SMILES string of the molecule is CN/C(C)=C(\C(C)=N)C(O)c1ccc2nc(OC)c(Cc3ccc(C(F)(F)F)cc3)c(Cl)c2c1. The summed E-state index contributed by atoms with van der Waals surface area (Å²) < 4.78 is 44.1. The van der Waals surface area contributed by atoms with Gasteiger partial charge in [-0.3, -0.25) is 0 Å². The average Bonchev–Trinajstić information content (AvgIpc) is 2.79. The zero-order chi connectivity index (χ0) is 25.2. The third-order valence-corrected chi connectivity index (χ3v) is 6.06. The normalized spacial score (nSPS) is 13.4. The second-order valence-corrected chi connectivity index (χ2v) is 8.26. The second-order valence-electron chi connectivity index (χ2n) is 7.88. The molecule has 0 aliphatic carbocycles. The molecule has 1 aromatic heterocycles. The Hall–Kier alpha value is -3.10. The van der Waals surface area contributed by atoms with Gasteiger partial charge in [0.05, 0.1) is 23.2 Å². The Kier molecular flexibility index (Phi) is 7.53. The third kappa shape index (κ3) is 5.18. The van der Waals surface area contributed by atoms with Gasteiger partial charge in [-0.15, -0.1) is 0 Å². The van der Waals surface area contributed by atoms with E-state index >= 15 is 0 Å². The summed E-state index contributed by atoms with van der Waals surface area (Å²) >= 11 is 6.74. The number of hydrogen-bond donors (Lipinski definition) is 3. The van der Waals surface area contributed by atoms with Crippen molar-refractivity contribution in [1.29, 1.82) is 5.41 Å². The number of hydrogen-bond acceptors (Lipinski definition) is 5. The molecular weight excluding hydrogens is 467 g/mol. The molecular formula is C25H25ClF3N3O2. The van der Waals surface area contributed by atoms with E-state index in [1.165, 1.54) is 19.2 Å². The Labute approximate surface area is 200 Å². The summed E-state index contributed by atoms with van der Waals surface area (Å²) in [6.07, 6.45) is -5.27. The molecule has 34 heavy (non-hydrogen) atoms. The summed E-state index contributed by atoms with van der Waals surface area (Å²) in [7, 11) is 3.16. The van der Waals surface area contributed by atoms with Crippen molar-refractivity contribution in [2.24, 2.45) is 0 Å². The van der Waals surface area contributed by atoms with Gasteiger partial charge in [0, 0.05) is 41.4 Å². The van der Waals surface area contributed by atoms with Gasteiger partial charge in [-0.2, -0.15) is 13.2 Å². The van der Waals surface area contributed by atoms with E-state index in [9.17, 15) is 18.3 Å². The van der Waals surface area contributed by atoms with Gasteiger partial charge in [0.2, 0.25) is 5.88 Å². The monoisotopic (exact) mass is 491 g/mol. The van der Waals surface area contributed by atoms with E-state index in [0.29, 0.717) is 43.9 Å². The zero-order valence-corrected chi connectivity index (χ0v) is 19.9. The van der Waals surface area contributed by atoms with Crippen LogP contribution in [0.5, 0.6) is 5.88 Å². The number of rotatable bonds is 7. The van der Waals surface area contributed by atoms with Crippen molar-refractivity contribution in [3.05, 3.63) is 81.0 Å². The van der Waals surface area contributed by atoms with Crippen molar-refractivity contribution in [3.8, 4) is 5.88 Å². The fourth-order valence-corrected chi connectivity index (χ4v) is 4.06. The van der Waals surface area contributed by atoms with Crippen molar-refractivity contribution >= 4 is 28.2 Å². The Morgan fingerprint density at radius 2 is 1.82 bits per heavy atom. The molecule has 1 atom stereocenters. The lowest BCUT2D eigenvalue weighted by Crippen LogP contribution is -2.16. The molecule has 3 rings (SSSR count). The Bertz CT molecular complexity index is 1250. The van der Waals surface area contributed by atoms with Gasteiger partial charge in [-0.05, 0) is 49.2 Å². The molecule has 5 nitrogen and oxygen atoms in total. The minimum atomic E-state index is -4.41. The van der Waals surface area contributed by atoms with Gasteiger partial charge in [0.25, 0.3) is 0 Å². The summed E-state index contributed by atoms with van der Waals surface area (Å²) in [5.41, 5.74) is 2.81. The Balaban J connectivity index is 2.08. The fourth-order valence-electron chi connectivity index (χ4n) is 3.76. The average molecular weight is 492 g/mol. The maximum atomic E-state index is 12.9. The summed E-state index contributed by atoms with van der Waals surface area (Å²) in [4.78, 5) is 4.50. The van der Waals surface area contributed by atoms with E-state index in [1.54, 1.807) is 39.1 Å². The Morgan fingerprint density at radius 3 is 2.35 bits per heavy atom. The van der Waals surface area contributed by atoms with Crippen molar-refractivity contribution in [2.75, 3.05) is 14.2 Å². The van der Waals surface area contributed by atoms with Crippen LogP contribution >= 0.6 is 11.6 Å². The second kappa shape index (κ2) is 10.0. The summed E-state index contributed by atoms with van der Waals surface area (Å²) in [6, 6.07) is 9.96. The number of aromatic nitrogens is 1. The summed E-state index contributed by atoms with van der Waals surface area (Å²) in [6.45, 7) is 3.38. The Morgan fingerprint density at radius 1 is 1.18 bits per heavy atom. The van der Waals surface area contributed by atoms with Crippen molar-refractivity contribution in [1.82, 2.24) is 10.3 Å². The molecule has 0 saturated heterocycles. The number of pyridine rings is 1. The van der Waals surface area contributed by atoms with E-state index in [4.69, 9.17) is 21.7 Å². The van der Waals surface area contributed by atoms with Crippen LogP contribution in [0.1, 0.15) is 42.2 Å². The van der Waals surface area contributed by atoms with Crippen LogP contribution in [0.4, 0.5) is 13.2 Å². The molecule has 180 valence electrons. The maximum absolute atomic E-state index is 12.9. The highest BCUT2D eigenvalue weighted by molar-refractivity contribution is 6.36. The quantitative estimate of drug-likeness (QED) is 0.350. The highest BCUT2D eigenvalue weighted by Gasteiger charge is 2.30. The number of nitrogens with one attached hydrogen (secondary N) is 2. The molecule has 0 fully saturated rings. The van der Waals surface area contributed by atoms with E-state index < -0.39 is 17.8 Å². The van der Waals surface area contributed by atoms with Crippen molar-refractivity contribution < 1.29 is 23.0 Å². The molecule has 1 unspecified atom stereocenters. The molecule has 0 amide bonds. The number of benzene rings is 2. The number of aliphatic hydroxyl groups is 1. The molecule has 1 heterocycles. The van der Waals surface area contributed by atoms with Crippen LogP contribution in [0.3, 0.4) is 0 Å². The van der Waals surface area contributed by atoms with E-state index in [0.717, 1.165) is 12.1 Å². The van der Waals surface area contributed by atoms with Gasteiger partial charge < -0.3 is 20.6 Å². The molecule has 0 radical (unpaired) electrons. The fraction of sp³-hybridized carbons (Fsp3) is 0.280. The number of aliphatic hydroxyl groups excluding tert-OH is 1. The van der Waals surface area contributed by atoms with Crippen LogP contribution in [0.2, 0.25) is 5.02 Å². The van der Waals surface area contributed by atoms with Crippen LogP contribution in [-0.2, 0) is 12.6 Å². The number of halogens is 4. The summed E-state index contributed by atoms with van der Waals surface area (Å²) in [5, 5.41) is 22.9. The van der Waals surface area contributed by atoms with Crippen molar-refractivity contribution in [3.63, 3.8) is 0 Å². The standard InChI is InChI=1S/C25H25ClF3N3O2/c1-13(30)21(14(2)31-3)23(33)16-7-10-20-18(12-16)22(26)19(24(32-20)34-4)11-15-5-8-17(9-6-15)25(27,28)29/h5-10,12,23,30-31,33H,11H2,1-4H3/b21-14+,30-13?. The van der Waals surface area contributed by atoms with E-state index in [1.807, 2.05) is 0 Å². The van der Waals surface area contributed by atoms with Crippen LogP contribution in [0.25, 0.3) is 10.9 Å². The summed E-state index contributed by atoms with van der Waals surface area (Å²) in [5.74, 6) is 0.271. The lowest BCUT2D eigenvalue weighted by molar-refractivity contribution is -0.137. The minimum Gasteiger partial charge on any atom is -0.481 e. The minimum absolute atomic E-state index is 0.208. The molecule has 3 aromatic rings. The molecule has 0 spiro atoms. The first kappa shape index (κ1) is 25.5. The predicted molar refractivity (Wildman–Crippen MR) is 128 cm³/mol. The number of ether oxygens (including phenoxy) is 1. The number of methoxy groups -OCH3 is 1. The molecule has 0 aliphatic rings. The van der Waals surface area contributed by atoms with Gasteiger partial charge in [0.15, 0.2) is 0 Å². The third-order valence-electron chi connectivity index (χ3n) is 5.63. The highest BCUT2D eigenvalue weighted by atomic mass is 35.5.